The molecular formula is C15H20N2O3S. The van der Waals surface area contributed by atoms with Gasteiger partial charge in [-0.25, -0.2) is 13.4 Å². The predicted molar refractivity (Wildman–Crippen MR) is 84.3 cm³/mol. The second-order valence-corrected chi connectivity index (χ2v) is 7.39. The van der Waals surface area contributed by atoms with Gasteiger partial charge in [-0.1, -0.05) is 18.2 Å². The van der Waals surface area contributed by atoms with E-state index < -0.39 is 9.84 Å². The largest absolute Gasteiger partial charge is 0.494 e. The lowest BCUT2D eigenvalue weighted by atomic mass is 10.2. The molecule has 1 unspecified atom stereocenters. The van der Waals surface area contributed by atoms with E-state index in [9.17, 15) is 8.42 Å². The first-order chi connectivity index (χ1) is 9.89. The van der Waals surface area contributed by atoms with Crippen molar-refractivity contribution in [1.29, 1.82) is 0 Å². The number of rotatable bonds is 6. The molecule has 0 aliphatic carbocycles. The summed E-state index contributed by atoms with van der Waals surface area (Å²) < 4.78 is 27.8. The Balaban J connectivity index is 2.12. The van der Waals surface area contributed by atoms with Gasteiger partial charge in [0.2, 0.25) is 0 Å². The van der Waals surface area contributed by atoms with Crippen molar-refractivity contribution in [3.63, 3.8) is 0 Å². The minimum absolute atomic E-state index is 0.115. The molecule has 0 aliphatic rings. The Morgan fingerprint density at radius 2 is 2.05 bits per heavy atom. The molecule has 2 rings (SSSR count). The maximum atomic E-state index is 11.2. The number of para-hydroxylation sites is 1. The SMILES string of the molecule is COc1cccc2ccc(CNC(C)CS(C)(=O)=O)nc12. The second-order valence-electron chi connectivity index (χ2n) is 5.21. The number of methoxy groups -OCH3 is 1. The number of nitrogens with one attached hydrogen (secondary N) is 1. The van der Waals surface area contributed by atoms with Gasteiger partial charge in [0.1, 0.15) is 21.1 Å². The number of nitrogens with zero attached hydrogens (tertiary/aromatic N) is 1. The molecule has 0 saturated heterocycles. The van der Waals surface area contributed by atoms with Crippen molar-refractivity contribution in [3.05, 3.63) is 36.0 Å². The Kier molecular flexibility index (Phi) is 4.80. The van der Waals surface area contributed by atoms with Gasteiger partial charge in [0.25, 0.3) is 0 Å². The Morgan fingerprint density at radius 1 is 1.29 bits per heavy atom. The van der Waals surface area contributed by atoms with E-state index in [1.54, 1.807) is 7.11 Å². The van der Waals surface area contributed by atoms with Crippen molar-refractivity contribution in [2.75, 3.05) is 19.1 Å². The van der Waals surface area contributed by atoms with Crippen LogP contribution in [0, 0.1) is 0 Å². The maximum absolute atomic E-state index is 11.2. The van der Waals surface area contributed by atoms with Crippen LogP contribution in [0.5, 0.6) is 5.75 Å². The van der Waals surface area contributed by atoms with Gasteiger partial charge in [-0.2, -0.15) is 0 Å². The van der Waals surface area contributed by atoms with Crippen LogP contribution in [0.25, 0.3) is 10.9 Å². The highest BCUT2D eigenvalue weighted by Gasteiger charge is 2.10. The number of ether oxygens (including phenoxy) is 1. The number of pyridine rings is 1. The summed E-state index contributed by atoms with van der Waals surface area (Å²) in [7, 11) is -1.36. The first kappa shape index (κ1) is 15.7. The van der Waals surface area contributed by atoms with Crippen LogP contribution in [0.15, 0.2) is 30.3 Å². The number of aromatic nitrogens is 1. The van der Waals surface area contributed by atoms with E-state index in [-0.39, 0.29) is 11.8 Å². The highest BCUT2D eigenvalue weighted by atomic mass is 32.2. The van der Waals surface area contributed by atoms with Crippen LogP contribution in [-0.2, 0) is 16.4 Å². The van der Waals surface area contributed by atoms with Crippen molar-refractivity contribution in [1.82, 2.24) is 10.3 Å². The molecule has 1 atom stereocenters. The van der Waals surface area contributed by atoms with Gasteiger partial charge < -0.3 is 10.1 Å². The van der Waals surface area contributed by atoms with Crippen molar-refractivity contribution < 1.29 is 13.2 Å². The Morgan fingerprint density at radius 3 is 2.71 bits per heavy atom. The molecule has 0 saturated carbocycles. The predicted octanol–water partition coefficient (Wildman–Crippen LogP) is 1.77. The molecule has 1 aromatic carbocycles. The van der Waals surface area contributed by atoms with Gasteiger partial charge in [-0.15, -0.1) is 0 Å². The number of fused-ring (bicyclic) bond motifs is 1. The first-order valence-electron chi connectivity index (χ1n) is 6.73. The lowest BCUT2D eigenvalue weighted by molar-refractivity contribution is 0.418. The number of hydrogen-bond donors (Lipinski definition) is 1. The molecule has 1 heterocycles. The minimum Gasteiger partial charge on any atom is -0.494 e. The molecular weight excluding hydrogens is 288 g/mol. The summed E-state index contributed by atoms with van der Waals surface area (Å²) in [5, 5.41) is 4.19. The monoisotopic (exact) mass is 308 g/mol. The molecule has 21 heavy (non-hydrogen) atoms. The fourth-order valence-corrected chi connectivity index (χ4v) is 3.24. The third-order valence-electron chi connectivity index (χ3n) is 3.15. The molecule has 5 nitrogen and oxygen atoms in total. The lowest BCUT2D eigenvalue weighted by Gasteiger charge is -2.13. The summed E-state index contributed by atoms with van der Waals surface area (Å²) in [6.45, 7) is 2.37. The van der Waals surface area contributed by atoms with Crippen LogP contribution in [0.4, 0.5) is 0 Å². The molecule has 0 amide bonds. The molecule has 0 spiro atoms. The average Bonchev–Trinajstić information content (AvgIpc) is 2.42. The molecule has 1 N–H and O–H groups in total. The fraction of sp³-hybridized carbons (Fsp3) is 0.400. The van der Waals surface area contributed by atoms with Gasteiger partial charge >= 0.3 is 0 Å². The molecule has 0 bridgehead atoms. The zero-order valence-corrected chi connectivity index (χ0v) is 13.3. The molecule has 6 heteroatoms. The normalized spacial score (nSPS) is 13.3. The van der Waals surface area contributed by atoms with E-state index in [0.29, 0.717) is 6.54 Å². The standard InChI is InChI=1S/C15H20N2O3S/c1-11(10-21(3,18)19)16-9-13-8-7-12-5-4-6-14(20-2)15(12)17-13/h4-8,11,16H,9-10H2,1-3H3. The van der Waals surface area contributed by atoms with Crippen LogP contribution < -0.4 is 10.1 Å². The summed E-state index contributed by atoms with van der Waals surface area (Å²) in [5.41, 5.74) is 1.67. The van der Waals surface area contributed by atoms with E-state index in [2.05, 4.69) is 10.3 Å². The van der Waals surface area contributed by atoms with Crippen LogP contribution in [0.1, 0.15) is 12.6 Å². The summed E-state index contributed by atoms with van der Waals surface area (Å²) in [4.78, 5) is 4.58. The van der Waals surface area contributed by atoms with E-state index in [1.807, 2.05) is 37.3 Å². The third-order valence-corrected chi connectivity index (χ3v) is 4.25. The van der Waals surface area contributed by atoms with Gasteiger partial charge in [0.15, 0.2) is 0 Å². The van der Waals surface area contributed by atoms with Gasteiger partial charge in [-0.3, -0.25) is 0 Å². The number of sulfone groups is 1. The molecule has 0 radical (unpaired) electrons. The molecule has 0 aliphatic heterocycles. The third kappa shape index (κ3) is 4.41. The average molecular weight is 308 g/mol. The zero-order chi connectivity index (χ0) is 15.5. The van der Waals surface area contributed by atoms with Gasteiger partial charge in [0.05, 0.1) is 18.6 Å². The molecule has 0 fully saturated rings. The topological polar surface area (TPSA) is 68.3 Å². The van der Waals surface area contributed by atoms with Crippen molar-refractivity contribution in [2.45, 2.75) is 19.5 Å². The molecule has 1 aromatic heterocycles. The summed E-state index contributed by atoms with van der Waals surface area (Å²) in [5.74, 6) is 0.850. The van der Waals surface area contributed by atoms with Crippen molar-refractivity contribution in [3.8, 4) is 5.75 Å². The Labute approximate surface area is 125 Å². The maximum Gasteiger partial charge on any atom is 0.148 e. The second kappa shape index (κ2) is 6.41. The fourth-order valence-electron chi connectivity index (χ4n) is 2.22. The quantitative estimate of drug-likeness (QED) is 0.881. The van der Waals surface area contributed by atoms with E-state index >= 15 is 0 Å². The van der Waals surface area contributed by atoms with E-state index in [1.165, 1.54) is 6.26 Å². The Hall–Kier alpha value is -1.66. The highest BCUT2D eigenvalue weighted by molar-refractivity contribution is 7.90. The highest BCUT2D eigenvalue weighted by Crippen LogP contribution is 2.23. The number of hydrogen-bond acceptors (Lipinski definition) is 5. The van der Waals surface area contributed by atoms with Crippen LogP contribution in [-0.4, -0.2) is 38.6 Å². The summed E-state index contributed by atoms with van der Waals surface area (Å²) in [6, 6.07) is 9.59. The summed E-state index contributed by atoms with van der Waals surface area (Å²) in [6.07, 6.45) is 1.24. The zero-order valence-electron chi connectivity index (χ0n) is 12.5. The first-order valence-corrected chi connectivity index (χ1v) is 8.79. The smallest absolute Gasteiger partial charge is 0.148 e. The van der Waals surface area contributed by atoms with Crippen LogP contribution in [0.2, 0.25) is 0 Å². The van der Waals surface area contributed by atoms with Crippen LogP contribution in [0.3, 0.4) is 0 Å². The summed E-state index contributed by atoms with van der Waals surface area (Å²) >= 11 is 0. The van der Waals surface area contributed by atoms with Crippen molar-refractivity contribution in [2.24, 2.45) is 0 Å². The minimum atomic E-state index is -2.98. The van der Waals surface area contributed by atoms with Gasteiger partial charge in [0, 0.05) is 24.2 Å². The van der Waals surface area contributed by atoms with E-state index in [0.717, 1.165) is 22.3 Å². The number of benzene rings is 1. The van der Waals surface area contributed by atoms with Crippen molar-refractivity contribution >= 4 is 20.7 Å². The Bertz CT molecular complexity index is 729. The molecule has 114 valence electrons. The van der Waals surface area contributed by atoms with Gasteiger partial charge in [-0.05, 0) is 19.1 Å². The molecule has 2 aromatic rings. The lowest BCUT2D eigenvalue weighted by Crippen LogP contribution is -2.32. The van der Waals surface area contributed by atoms with E-state index in [4.69, 9.17) is 4.74 Å². The van der Waals surface area contributed by atoms with Crippen LogP contribution >= 0.6 is 0 Å².